The standard InChI is InChI=1S/C12H8N4O/c17-12-10-11(13-7-14-12)16-9(15-10)6-8-4-2-1-3-5-8/h1-5,7H,6H2. The minimum atomic E-state index is -0.373. The van der Waals surface area contributed by atoms with Crippen molar-refractivity contribution in [3.8, 4) is 0 Å². The SMILES string of the molecule is O=C1N=CN=C2N=C(Cc3ccccc3)N=C12. The lowest BCUT2D eigenvalue weighted by Crippen LogP contribution is -2.21. The van der Waals surface area contributed by atoms with Crippen molar-refractivity contribution in [2.24, 2.45) is 20.0 Å². The summed E-state index contributed by atoms with van der Waals surface area (Å²) >= 11 is 0. The molecule has 0 atom stereocenters. The first-order valence-electron chi connectivity index (χ1n) is 5.18. The molecule has 0 aromatic heterocycles. The lowest BCUT2D eigenvalue weighted by molar-refractivity contribution is -0.111. The topological polar surface area (TPSA) is 66.5 Å². The summed E-state index contributed by atoms with van der Waals surface area (Å²) in [5, 5.41) is 0. The second kappa shape index (κ2) is 3.86. The van der Waals surface area contributed by atoms with Crippen LogP contribution in [0, 0.1) is 0 Å². The van der Waals surface area contributed by atoms with Gasteiger partial charge in [-0.25, -0.2) is 15.0 Å². The minimum Gasteiger partial charge on any atom is -0.265 e. The summed E-state index contributed by atoms with van der Waals surface area (Å²) in [7, 11) is 0. The average molecular weight is 224 g/mol. The predicted molar refractivity (Wildman–Crippen MR) is 66.0 cm³/mol. The quantitative estimate of drug-likeness (QED) is 0.740. The van der Waals surface area contributed by atoms with Gasteiger partial charge in [-0.05, 0) is 5.56 Å². The van der Waals surface area contributed by atoms with Crippen molar-refractivity contribution in [2.45, 2.75) is 6.42 Å². The number of carbonyl (C=O) groups excluding carboxylic acids is 1. The molecule has 17 heavy (non-hydrogen) atoms. The Balaban J connectivity index is 1.87. The number of carbonyl (C=O) groups is 1. The molecule has 2 heterocycles. The van der Waals surface area contributed by atoms with Crippen molar-refractivity contribution >= 4 is 29.6 Å². The number of hydrogen-bond donors (Lipinski definition) is 0. The van der Waals surface area contributed by atoms with Crippen molar-refractivity contribution in [3.63, 3.8) is 0 Å². The Morgan fingerprint density at radius 1 is 1.06 bits per heavy atom. The summed E-state index contributed by atoms with van der Waals surface area (Å²) in [6, 6.07) is 9.84. The fourth-order valence-corrected chi connectivity index (χ4v) is 1.67. The molecule has 2 aliphatic heterocycles. The average Bonchev–Trinajstić information content (AvgIpc) is 2.74. The van der Waals surface area contributed by atoms with Crippen molar-refractivity contribution in [1.82, 2.24) is 0 Å². The second-order valence-electron chi connectivity index (χ2n) is 3.65. The van der Waals surface area contributed by atoms with Gasteiger partial charge in [-0.3, -0.25) is 4.79 Å². The van der Waals surface area contributed by atoms with E-state index in [2.05, 4.69) is 20.0 Å². The molecule has 0 aliphatic carbocycles. The molecule has 0 fully saturated rings. The Kier molecular flexibility index (Phi) is 2.22. The molecule has 5 nitrogen and oxygen atoms in total. The third-order valence-electron chi connectivity index (χ3n) is 2.45. The largest absolute Gasteiger partial charge is 0.301 e. The zero-order chi connectivity index (χ0) is 11.7. The highest BCUT2D eigenvalue weighted by Gasteiger charge is 2.26. The first-order chi connectivity index (χ1) is 8.33. The summed E-state index contributed by atoms with van der Waals surface area (Å²) in [4.78, 5) is 27.2. The van der Waals surface area contributed by atoms with E-state index in [9.17, 15) is 4.79 Å². The molecular weight excluding hydrogens is 216 g/mol. The smallest absolute Gasteiger partial charge is 0.265 e. The third-order valence-corrected chi connectivity index (χ3v) is 2.45. The van der Waals surface area contributed by atoms with E-state index in [1.807, 2.05) is 30.3 Å². The summed E-state index contributed by atoms with van der Waals surface area (Å²) < 4.78 is 0. The van der Waals surface area contributed by atoms with Gasteiger partial charge in [0.2, 0.25) is 0 Å². The van der Waals surface area contributed by atoms with E-state index in [-0.39, 0.29) is 11.6 Å². The lowest BCUT2D eigenvalue weighted by Gasteiger charge is -1.96. The van der Waals surface area contributed by atoms with Gasteiger partial charge in [-0.1, -0.05) is 30.3 Å². The monoisotopic (exact) mass is 224 g/mol. The van der Waals surface area contributed by atoms with Crippen LogP contribution in [0.5, 0.6) is 0 Å². The van der Waals surface area contributed by atoms with Gasteiger partial charge in [0, 0.05) is 6.42 Å². The number of aliphatic imine (C=N–C) groups is 4. The summed E-state index contributed by atoms with van der Waals surface area (Å²) in [5.41, 5.74) is 1.35. The number of fused-ring (bicyclic) bond motifs is 1. The maximum absolute atomic E-state index is 11.4. The molecule has 1 amide bonds. The van der Waals surface area contributed by atoms with E-state index < -0.39 is 0 Å². The van der Waals surface area contributed by atoms with Crippen LogP contribution in [0.2, 0.25) is 0 Å². The van der Waals surface area contributed by atoms with E-state index in [1.165, 1.54) is 6.34 Å². The first-order valence-corrected chi connectivity index (χ1v) is 5.18. The Morgan fingerprint density at radius 3 is 2.65 bits per heavy atom. The third kappa shape index (κ3) is 1.82. The normalized spacial score (nSPS) is 17.4. The number of benzene rings is 1. The highest BCUT2D eigenvalue weighted by molar-refractivity contribution is 6.71. The molecule has 0 spiro atoms. The van der Waals surface area contributed by atoms with Gasteiger partial charge in [0.15, 0.2) is 11.5 Å². The zero-order valence-electron chi connectivity index (χ0n) is 8.87. The van der Waals surface area contributed by atoms with Crippen LogP contribution in [-0.2, 0) is 11.2 Å². The van der Waals surface area contributed by atoms with Crippen LogP contribution in [0.3, 0.4) is 0 Å². The summed E-state index contributed by atoms with van der Waals surface area (Å²) in [5.74, 6) is 0.599. The van der Waals surface area contributed by atoms with Gasteiger partial charge in [-0.2, -0.15) is 4.99 Å². The maximum atomic E-state index is 11.4. The molecule has 2 aliphatic rings. The number of hydrogen-bond acceptors (Lipinski definition) is 4. The first kappa shape index (κ1) is 9.77. The lowest BCUT2D eigenvalue weighted by atomic mass is 10.1. The van der Waals surface area contributed by atoms with Crippen LogP contribution in [-0.4, -0.2) is 29.6 Å². The van der Waals surface area contributed by atoms with Gasteiger partial charge >= 0.3 is 5.91 Å². The highest BCUT2D eigenvalue weighted by Crippen LogP contribution is 2.10. The Morgan fingerprint density at radius 2 is 1.88 bits per heavy atom. The van der Waals surface area contributed by atoms with Crippen LogP contribution in [0.1, 0.15) is 5.56 Å². The Hall–Kier alpha value is -2.43. The fraction of sp³-hybridized carbons (Fsp3) is 0.0833. The molecule has 0 unspecified atom stereocenters. The molecule has 0 radical (unpaired) electrons. The van der Waals surface area contributed by atoms with Crippen LogP contribution >= 0.6 is 0 Å². The zero-order valence-corrected chi connectivity index (χ0v) is 8.87. The predicted octanol–water partition coefficient (Wildman–Crippen LogP) is 1.05. The van der Waals surface area contributed by atoms with Crippen LogP contribution in [0.15, 0.2) is 50.3 Å². The highest BCUT2D eigenvalue weighted by atomic mass is 16.1. The second-order valence-corrected chi connectivity index (χ2v) is 3.65. The molecule has 3 rings (SSSR count). The molecule has 0 N–H and O–H groups in total. The molecule has 0 bridgehead atoms. The molecule has 1 aromatic rings. The molecule has 0 saturated carbocycles. The van der Waals surface area contributed by atoms with E-state index in [4.69, 9.17) is 0 Å². The molecule has 1 aromatic carbocycles. The van der Waals surface area contributed by atoms with Crippen molar-refractivity contribution in [1.29, 1.82) is 0 Å². The minimum absolute atomic E-state index is 0.249. The molecule has 5 heteroatoms. The van der Waals surface area contributed by atoms with Crippen LogP contribution in [0.25, 0.3) is 0 Å². The van der Waals surface area contributed by atoms with Crippen molar-refractivity contribution in [3.05, 3.63) is 35.9 Å². The van der Waals surface area contributed by atoms with Gasteiger partial charge in [-0.15, -0.1) is 0 Å². The van der Waals surface area contributed by atoms with Gasteiger partial charge in [0.1, 0.15) is 12.2 Å². The van der Waals surface area contributed by atoms with Crippen LogP contribution in [0.4, 0.5) is 0 Å². The Bertz CT molecular complexity index is 596. The number of amidine groups is 2. The number of amides is 1. The van der Waals surface area contributed by atoms with Gasteiger partial charge < -0.3 is 0 Å². The van der Waals surface area contributed by atoms with E-state index in [0.29, 0.717) is 18.1 Å². The van der Waals surface area contributed by atoms with E-state index >= 15 is 0 Å². The van der Waals surface area contributed by atoms with Gasteiger partial charge in [0.05, 0.1) is 0 Å². The maximum Gasteiger partial charge on any atom is 0.301 e. The number of nitrogens with zero attached hydrogens (tertiary/aromatic N) is 4. The van der Waals surface area contributed by atoms with E-state index in [0.717, 1.165) is 5.56 Å². The molecular formula is C12H8N4O. The van der Waals surface area contributed by atoms with Gasteiger partial charge in [0.25, 0.3) is 0 Å². The molecule has 82 valence electrons. The number of rotatable bonds is 2. The van der Waals surface area contributed by atoms with Crippen molar-refractivity contribution in [2.75, 3.05) is 0 Å². The van der Waals surface area contributed by atoms with Crippen molar-refractivity contribution < 1.29 is 4.79 Å². The summed E-state index contributed by atoms with van der Waals surface area (Å²) in [6.07, 6.45) is 1.81. The molecule has 0 saturated heterocycles. The van der Waals surface area contributed by atoms with Crippen LogP contribution < -0.4 is 0 Å². The summed E-state index contributed by atoms with van der Waals surface area (Å²) in [6.45, 7) is 0. The fourth-order valence-electron chi connectivity index (χ4n) is 1.67. The van der Waals surface area contributed by atoms with E-state index in [1.54, 1.807) is 0 Å². The Labute approximate surface area is 97.4 Å².